The average Bonchev–Trinajstić information content (AvgIpc) is 3.76. The fraction of sp³-hybridized carbons (Fsp3) is 0. The molecule has 48 heavy (non-hydrogen) atoms. The van der Waals surface area contributed by atoms with Gasteiger partial charge in [0, 0.05) is 43.3 Å². The Labute approximate surface area is 273 Å². The van der Waals surface area contributed by atoms with E-state index in [1.807, 2.05) is 12.1 Å². The van der Waals surface area contributed by atoms with Crippen molar-refractivity contribution in [2.24, 2.45) is 0 Å². The minimum absolute atomic E-state index is 0.838. The second-order valence-corrected chi connectivity index (χ2v) is 13.0. The summed E-state index contributed by atoms with van der Waals surface area (Å²) in [5, 5.41) is 10.3. The maximum atomic E-state index is 5.41. The van der Waals surface area contributed by atoms with E-state index >= 15 is 0 Å². The first-order chi connectivity index (χ1) is 23.8. The lowest BCUT2D eigenvalue weighted by atomic mass is 10.0. The normalized spacial score (nSPS) is 12.6. The van der Waals surface area contributed by atoms with Gasteiger partial charge in [-0.05, 0) is 40.8 Å². The summed E-state index contributed by atoms with van der Waals surface area (Å²) in [4.78, 5) is 10.7. The molecule has 0 N–H and O–H groups in total. The van der Waals surface area contributed by atoms with Gasteiger partial charge in [-0.25, -0.2) is 9.97 Å². The van der Waals surface area contributed by atoms with Crippen molar-refractivity contribution in [3.63, 3.8) is 0 Å². The zero-order chi connectivity index (χ0) is 31.1. The van der Waals surface area contributed by atoms with Crippen LogP contribution in [0.1, 0.15) is 0 Å². The van der Waals surface area contributed by atoms with Crippen LogP contribution in [0.4, 0.5) is 0 Å². The molecule has 4 heteroatoms. The van der Waals surface area contributed by atoms with E-state index in [2.05, 4.69) is 142 Å². The lowest BCUT2D eigenvalue weighted by molar-refractivity contribution is 1.08. The van der Waals surface area contributed by atoms with E-state index in [4.69, 9.17) is 9.97 Å². The van der Waals surface area contributed by atoms with Crippen LogP contribution in [0, 0.1) is 0 Å². The molecule has 4 nitrogen and oxygen atoms in total. The Morgan fingerprint density at radius 3 is 1.62 bits per heavy atom. The van der Waals surface area contributed by atoms with Crippen molar-refractivity contribution in [3.8, 4) is 28.2 Å². The number of para-hydroxylation sites is 4. The Bertz CT molecular complexity index is 3200. The second-order valence-electron chi connectivity index (χ2n) is 13.0. The van der Waals surface area contributed by atoms with Crippen LogP contribution < -0.4 is 0 Å². The molecule has 0 amide bonds. The first kappa shape index (κ1) is 24.7. The van der Waals surface area contributed by atoms with Crippen LogP contribution in [0.25, 0.3) is 110 Å². The minimum Gasteiger partial charge on any atom is -0.307 e. The maximum Gasteiger partial charge on any atom is 0.165 e. The molecular formula is C44H24N4. The van der Waals surface area contributed by atoms with Gasteiger partial charge in [0.2, 0.25) is 0 Å². The standard InChI is InChI=1S/C44H24N4/c1-2-9-25(10-3-1)26-19-21-27(22-20-26)40-44(46-35-17-5-4-16-34(35)45-40)47-36-18-8-11-28-29-12-6-13-30-31-14-7-15-32-33-23-24-37(47)39(38(28)36)43(33)48(41(29)30)42(31)32/h1-24H. The molecule has 0 spiro atoms. The molecule has 0 unspecified atom stereocenters. The van der Waals surface area contributed by atoms with Gasteiger partial charge < -0.3 is 4.40 Å². The highest BCUT2D eigenvalue weighted by atomic mass is 15.1. The summed E-state index contributed by atoms with van der Waals surface area (Å²) >= 11 is 0. The second kappa shape index (κ2) is 8.64. The number of nitrogens with zero attached hydrogens (tertiary/aromatic N) is 4. The lowest BCUT2D eigenvalue weighted by Crippen LogP contribution is -2.03. The summed E-state index contributed by atoms with van der Waals surface area (Å²) in [6.07, 6.45) is 0. The smallest absolute Gasteiger partial charge is 0.165 e. The summed E-state index contributed by atoms with van der Waals surface area (Å²) < 4.78 is 4.91. The highest BCUT2D eigenvalue weighted by molar-refractivity contribution is 6.37. The zero-order valence-electron chi connectivity index (χ0n) is 25.6. The van der Waals surface area contributed by atoms with Crippen molar-refractivity contribution in [2.75, 3.05) is 0 Å². The highest BCUT2D eigenvalue weighted by Crippen LogP contribution is 2.49. The number of rotatable bonds is 3. The molecule has 0 saturated carbocycles. The van der Waals surface area contributed by atoms with Gasteiger partial charge in [0.15, 0.2) is 5.82 Å². The van der Waals surface area contributed by atoms with E-state index in [9.17, 15) is 0 Å². The number of hydrogen-bond acceptors (Lipinski definition) is 2. The predicted molar refractivity (Wildman–Crippen MR) is 199 cm³/mol. The third-order valence-electron chi connectivity index (χ3n) is 10.6. The Morgan fingerprint density at radius 2 is 0.896 bits per heavy atom. The van der Waals surface area contributed by atoms with Crippen LogP contribution >= 0.6 is 0 Å². The van der Waals surface area contributed by atoms with E-state index < -0.39 is 0 Å². The first-order valence-corrected chi connectivity index (χ1v) is 16.4. The Balaban J connectivity index is 1.25. The third kappa shape index (κ3) is 2.92. The van der Waals surface area contributed by atoms with E-state index in [1.54, 1.807) is 0 Å². The molecule has 0 atom stereocenters. The summed E-state index contributed by atoms with van der Waals surface area (Å²) in [5.41, 5.74) is 12.2. The molecule has 5 heterocycles. The van der Waals surface area contributed by atoms with Crippen molar-refractivity contribution in [1.29, 1.82) is 0 Å². The topological polar surface area (TPSA) is 35.1 Å². The Hall–Kier alpha value is -6.52. The SMILES string of the molecule is c1ccc(-c2ccc(-c3nc4ccccc4nc3-n3c4cccc5c6cccc7c8cccc9c%10ccc3c(c54)c%10n(c67)c89)cc2)cc1. The molecule has 0 saturated heterocycles. The summed E-state index contributed by atoms with van der Waals surface area (Å²) in [6.45, 7) is 0. The summed E-state index contributed by atoms with van der Waals surface area (Å²) in [5.74, 6) is 0.838. The molecule has 0 aliphatic carbocycles. The molecule has 12 aromatic rings. The number of fused-ring (bicyclic) bond motifs is 4. The monoisotopic (exact) mass is 608 g/mol. The Morgan fingerprint density at radius 1 is 0.354 bits per heavy atom. The first-order valence-electron chi connectivity index (χ1n) is 16.4. The molecule has 0 aliphatic rings. The highest BCUT2D eigenvalue weighted by Gasteiger charge is 2.27. The van der Waals surface area contributed by atoms with Gasteiger partial charge in [0.1, 0.15) is 5.69 Å². The largest absolute Gasteiger partial charge is 0.307 e. The molecule has 5 aromatic heterocycles. The zero-order valence-corrected chi connectivity index (χ0v) is 25.6. The molecular weight excluding hydrogens is 585 g/mol. The fourth-order valence-electron chi connectivity index (χ4n) is 8.60. The maximum absolute atomic E-state index is 5.41. The molecule has 0 radical (unpaired) electrons. The van der Waals surface area contributed by atoms with Crippen LogP contribution in [-0.4, -0.2) is 18.9 Å². The van der Waals surface area contributed by atoms with Crippen molar-refractivity contribution >= 4 is 81.7 Å². The van der Waals surface area contributed by atoms with Crippen LogP contribution in [-0.2, 0) is 0 Å². The van der Waals surface area contributed by atoms with Crippen molar-refractivity contribution < 1.29 is 0 Å². The van der Waals surface area contributed by atoms with Gasteiger partial charge in [0.05, 0.1) is 38.6 Å². The predicted octanol–water partition coefficient (Wildman–Crippen LogP) is 11.2. The van der Waals surface area contributed by atoms with Crippen LogP contribution in [0.15, 0.2) is 146 Å². The van der Waals surface area contributed by atoms with Crippen molar-refractivity contribution in [3.05, 3.63) is 146 Å². The third-order valence-corrected chi connectivity index (χ3v) is 10.6. The van der Waals surface area contributed by atoms with Gasteiger partial charge in [0.25, 0.3) is 0 Å². The number of hydrogen-bond donors (Lipinski definition) is 0. The van der Waals surface area contributed by atoms with Gasteiger partial charge in [-0.15, -0.1) is 0 Å². The van der Waals surface area contributed by atoms with Gasteiger partial charge >= 0.3 is 0 Å². The summed E-state index contributed by atoms with van der Waals surface area (Å²) in [7, 11) is 0. The number of benzene rings is 7. The van der Waals surface area contributed by atoms with E-state index in [0.29, 0.717) is 0 Å². The van der Waals surface area contributed by atoms with Crippen LogP contribution in [0.5, 0.6) is 0 Å². The van der Waals surface area contributed by atoms with Crippen LogP contribution in [0.2, 0.25) is 0 Å². The van der Waals surface area contributed by atoms with E-state index in [1.165, 1.54) is 70.8 Å². The van der Waals surface area contributed by atoms with E-state index in [0.717, 1.165) is 39.1 Å². The molecule has 0 aliphatic heterocycles. The molecule has 7 aromatic carbocycles. The molecule has 12 rings (SSSR count). The molecule has 0 fully saturated rings. The lowest BCUT2D eigenvalue weighted by Gasteiger charge is -2.14. The molecule has 0 bridgehead atoms. The molecule has 220 valence electrons. The van der Waals surface area contributed by atoms with Gasteiger partial charge in [-0.1, -0.05) is 121 Å². The van der Waals surface area contributed by atoms with E-state index in [-0.39, 0.29) is 0 Å². The average molecular weight is 609 g/mol. The quantitative estimate of drug-likeness (QED) is 0.200. The van der Waals surface area contributed by atoms with Crippen LogP contribution in [0.3, 0.4) is 0 Å². The Kier molecular flexibility index (Phi) is 4.44. The van der Waals surface area contributed by atoms with Gasteiger partial charge in [-0.2, -0.15) is 0 Å². The van der Waals surface area contributed by atoms with Crippen molar-refractivity contribution in [1.82, 2.24) is 18.9 Å². The fourth-order valence-corrected chi connectivity index (χ4v) is 8.60. The van der Waals surface area contributed by atoms with Gasteiger partial charge in [-0.3, -0.25) is 4.57 Å². The summed E-state index contributed by atoms with van der Waals surface area (Å²) in [6, 6.07) is 52.4. The number of aromatic nitrogens is 4. The minimum atomic E-state index is 0.838. The van der Waals surface area contributed by atoms with Crippen molar-refractivity contribution in [2.45, 2.75) is 0 Å².